The molecule has 0 amide bonds. The van der Waals surface area contributed by atoms with E-state index in [1.54, 1.807) is 0 Å². The lowest BCUT2D eigenvalue weighted by atomic mass is 10.1. The van der Waals surface area contributed by atoms with Crippen molar-refractivity contribution in [2.75, 3.05) is 0 Å². The van der Waals surface area contributed by atoms with Crippen molar-refractivity contribution in [3.8, 4) is 0 Å². The van der Waals surface area contributed by atoms with Gasteiger partial charge in [0.05, 0.1) is 12.2 Å². The van der Waals surface area contributed by atoms with Crippen LogP contribution in [0.1, 0.15) is 46.0 Å². The van der Waals surface area contributed by atoms with Gasteiger partial charge in [-0.2, -0.15) is 13.2 Å². The predicted octanol–water partition coefficient (Wildman–Crippen LogP) is 3.27. The smallest absolute Gasteiger partial charge is 0.388 e. The summed E-state index contributed by atoms with van der Waals surface area (Å²) in [6.45, 7) is 3.02. The molecule has 0 saturated heterocycles. The van der Waals surface area contributed by atoms with Crippen LogP contribution < -0.4 is 0 Å². The van der Waals surface area contributed by atoms with E-state index in [4.69, 9.17) is 5.11 Å². The molecule has 0 aromatic rings. The molecule has 0 spiro atoms. The van der Waals surface area contributed by atoms with Crippen LogP contribution in [0, 0.1) is 0 Å². The van der Waals surface area contributed by atoms with Gasteiger partial charge in [-0.3, -0.25) is 9.59 Å². The average Bonchev–Trinajstić information content (AvgIpc) is 2.87. The van der Waals surface area contributed by atoms with Crippen molar-refractivity contribution in [3.05, 3.63) is 22.3 Å². The molecule has 0 radical (unpaired) electrons. The Bertz CT molecular complexity index is 619. The Balaban J connectivity index is 0.000000263. The second-order valence-corrected chi connectivity index (χ2v) is 6.32. The number of halogens is 5. The maximum absolute atomic E-state index is 11.9. The molecule has 2 unspecified atom stereocenters. The summed E-state index contributed by atoms with van der Waals surface area (Å²) in [6, 6.07) is 0. The molecule has 2 aliphatic rings. The fourth-order valence-electron chi connectivity index (χ4n) is 2.78. The Hall–Kier alpha value is -1.61. The van der Waals surface area contributed by atoms with E-state index in [0.717, 1.165) is 0 Å². The molecule has 9 heteroatoms. The van der Waals surface area contributed by atoms with Crippen molar-refractivity contribution in [1.29, 1.82) is 0 Å². The highest BCUT2D eigenvalue weighted by atomic mass is 19.4. The summed E-state index contributed by atoms with van der Waals surface area (Å²) in [6.07, 6.45) is -10.4. The molecular formula is C17H21F5O4. The third-order valence-corrected chi connectivity index (χ3v) is 4.40. The lowest BCUT2D eigenvalue weighted by Crippen LogP contribution is -2.09. The molecule has 0 aromatic carbocycles. The van der Waals surface area contributed by atoms with E-state index in [1.165, 1.54) is 13.8 Å². The summed E-state index contributed by atoms with van der Waals surface area (Å²) in [5.41, 5.74) is 1.05. The molecule has 2 rings (SSSR count). The number of allylic oxidation sites excluding steroid dienone is 2. The molecular weight excluding hydrogens is 363 g/mol. The quantitative estimate of drug-likeness (QED) is 0.730. The monoisotopic (exact) mass is 384 g/mol. The molecule has 2 atom stereocenters. The van der Waals surface area contributed by atoms with E-state index in [9.17, 15) is 36.6 Å². The average molecular weight is 384 g/mol. The van der Waals surface area contributed by atoms with Crippen LogP contribution >= 0.6 is 0 Å². The highest BCUT2D eigenvalue weighted by Gasteiger charge is 2.33. The Kier molecular flexibility index (Phi) is 7.64. The molecule has 0 bridgehead atoms. The first-order valence-electron chi connectivity index (χ1n) is 8.00. The van der Waals surface area contributed by atoms with E-state index in [1.807, 2.05) is 0 Å². The molecule has 0 aromatic heterocycles. The third kappa shape index (κ3) is 6.28. The van der Waals surface area contributed by atoms with E-state index in [2.05, 4.69) is 0 Å². The molecule has 26 heavy (non-hydrogen) atoms. The maximum Gasteiger partial charge on any atom is 0.389 e. The fraction of sp³-hybridized carbons (Fsp3) is 0.647. The number of ketones is 2. The summed E-state index contributed by atoms with van der Waals surface area (Å²) >= 11 is 0. The summed E-state index contributed by atoms with van der Waals surface area (Å²) in [5.74, 6) is -0.709. The first kappa shape index (κ1) is 22.4. The van der Waals surface area contributed by atoms with Crippen molar-refractivity contribution >= 4 is 11.6 Å². The number of hydrogen-bond donors (Lipinski definition) is 2. The molecule has 0 saturated carbocycles. The summed E-state index contributed by atoms with van der Waals surface area (Å²) in [5, 5.41) is 18.3. The molecule has 2 aliphatic carbocycles. The Labute approximate surface area is 147 Å². The van der Waals surface area contributed by atoms with Gasteiger partial charge in [0.15, 0.2) is 11.6 Å². The highest BCUT2D eigenvalue weighted by molar-refractivity contribution is 6.00. The first-order valence-corrected chi connectivity index (χ1v) is 8.00. The van der Waals surface area contributed by atoms with Crippen LogP contribution in [0.3, 0.4) is 0 Å². The van der Waals surface area contributed by atoms with Gasteiger partial charge < -0.3 is 10.2 Å². The minimum absolute atomic E-state index is 0.0338. The van der Waals surface area contributed by atoms with Crippen LogP contribution in [0.4, 0.5) is 22.0 Å². The van der Waals surface area contributed by atoms with Crippen molar-refractivity contribution in [3.63, 3.8) is 0 Å². The summed E-state index contributed by atoms with van der Waals surface area (Å²) in [4.78, 5) is 22.1. The predicted molar refractivity (Wildman–Crippen MR) is 82.6 cm³/mol. The lowest BCUT2D eigenvalue weighted by Gasteiger charge is -2.06. The van der Waals surface area contributed by atoms with Crippen LogP contribution in [0.2, 0.25) is 0 Å². The van der Waals surface area contributed by atoms with Crippen molar-refractivity contribution < 1.29 is 41.8 Å². The fourth-order valence-corrected chi connectivity index (χ4v) is 2.78. The minimum Gasteiger partial charge on any atom is -0.388 e. The van der Waals surface area contributed by atoms with Gasteiger partial charge in [-0.05, 0) is 37.0 Å². The zero-order valence-corrected chi connectivity index (χ0v) is 14.4. The van der Waals surface area contributed by atoms with Crippen LogP contribution in [-0.2, 0) is 9.59 Å². The van der Waals surface area contributed by atoms with E-state index in [-0.39, 0.29) is 42.0 Å². The zero-order valence-electron chi connectivity index (χ0n) is 14.4. The number of aliphatic hydroxyl groups excluding tert-OH is 2. The number of carbonyl (C=O) groups is 2. The number of aliphatic hydroxyl groups is 2. The van der Waals surface area contributed by atoms with Crippen molar-refractivity contribution in [2.45, 2.75) is 70.8 Å². The van der Waals surface area contributed by atoms with E-state index < -0.39 is 37.7 Å². The van der Waals surface area contributed by atoms with Crippen LogP contribution in [0.25, 0.3) is 0 Å². The topological polar surface area (TPSA) is 74.6 Å². The van der Waals surface area contributed by atoms with Gasteiger partial charge in [-0.1, -0.05) is 0 Å². The molecule has 2 N–H and O–H groups in total. The second kappa shape index (κ2) is 8.85. The standard InChI is InChI=1S/C9H11F3O2.C8H10F2O2/c1-5-6(2-3-9(10,11)12)8(14)4-7(5)13;1-4-5(2-8(9)10)7(12)3-6(4)11/h7,13H,2-4H2,1H3;6,8,11H,2-3H2,1H3. The molecule has 4 nitrogen and oxygen atoms in total. The lowest BCUT2D eigenvalue weighted by molar-refractivity contribution is -0.134. The Morgan fingerprint density at radius 3 is 1.69 bits per heavy atom. The molecule has 148 valence electrons. The Morgan fingerprint density at radius 2 is 1.38 bits per heavy atom. The number of Topliss-reactive ketones (excluding diaryl/α,β-unsaturated/α-hetero) is 2. The van der Waals surface area contributed by atoms with Crippen LogP contribution in [0.5, 0.6) is 0 Å². The molecule has 0 heterocycles. The van der Waals surface area contributed by atoms with Crippen molar-refractivity contribution in [2.24, 2.45) is 0 Å². The minimum atomic E-state index is -4.25. The van der Waals surface area contributed by atoms with Gasteiger partial charge in [-0.25, -0.2) is 8.78 Å². The largest absolute Gasteiger partial charge is 0.389 e. The number of carbonyl (C=O) groups excluding carboxylic acids is 2. The molecule has 0 aliphatic heterocycles. The van der Waals surface area contributed by atoms with Gasteiger partial charge in [0.2, 0.25) is 6.43 Å². The normalized spacial score (nSPS) is 23.9. The van der Waals surface area contributed by atoms with Gasteiger partial charge in [-0.15, -0.1) is 0 Å². The van der Waals surface area contributed by atoms with Crippen LogP contribution in [0.15, 0.2) is 22.3 Å². The second-order valence-electron chi connectivity index (χ2n) is 6.32. The first-order chi connectivity index (χ1) is 11.8. The van der Waals surface area contributed by atoms with Crippen molar-refractivity contribution in [1.82, 2.24) is 0 Å². The van der Waals surface area contributed by atoms with E-state index >= 15 is 0 Å². The SMILES string of the molecule is CC1=C(CC(F)F)C(=O)CC1O.CC1=C(CCC(F)(F)F)C(=O)CC1O. The van der Waals surface area contributed by atoms with Gasteiger partial charge in [0, 0.05) is 31.3 Å². The zero-order chi connectivity index (χ0) is 20.2. The third-order valence-electron chi connectivity index (χ3n) is 4.40. The highest BCUT2D eigenvalue weighted by Crippen LogP contribution is 2.31. The van der Waals surface area contributed by atoms with Gasteiger partial charge in [0.1, 0.15) is 0 Å². The summed E-state index contributed by atoms with van der Waals surface area (Å²) in [7, 11) is 0. The summed E-state index contributed by atoms with van der Waals surface area (Å²) < 4.78 is 59.4. The van der Waals surface area contributed by atoms with Gasteiger partial charge >= 0.3 is 6.18 Å². The number of hydrogen-bond acceptors (Lipinski definition) is 4. The van der Waals surface area contributed by atoms with Gasteiger partial charge in [0.25, 0.3) is 0 Å². The van der Waals surface area contributed by atoms with E-state index in [0.29, 0.717) is 11.1 Å². The van der Waals surface area contributed by atoms with Crippen LogP contribution in [-0.4, -0.2) is 46.6 Å². The number of alkyl halides is 5. The Morgan fingerprint density at radius 1 is 0.962 bits per heavy atom. The maximum atomic E-state index is 11.9. The molecule has 0 fully saturated rings. The number of rotatable bonds is 4.